The van der Waals surface area contributed by atoms with Crippen LogP contribution in [-0.2, 0) is 6.54 Å². The average Bonchev–Trinajstić information content (AvgIpc) is 3.15. The molecule has 0 radical (unpaired) electrons. The van der Waals surface area contributed by atoms with Gasteiger partial charge in [0.2, 0.25) is 0 Å². The van der Waals surface area contributed by atoms with Crippen LogP contribution in [0, 0.1) is 0 Å². The zero-order chi connectivity index (χ0) is 16.1. The van der Waals surface area contributed by atoms with E-state index in [1.807, 2.05) is 42.5 Å². The maximum absolute atomic E-state index is 12.3. The van der Waals surface area contributed by atoms with Crippen molar-refractivity contribution in [3.63, 3.8) is 0 Å². The maximum atomic E-state index is 12.3. The number of rotatable bonds is 4. The monoisotopic (exact) mass is 309 g/mol. The molecule has 120 valence electrons. The number of nitrogens with one attached hydrogen (secondary N) is 1. The quantitative estimate of drug-likeness (QED) is 0.936. The molecular weight excluding hydrogens is 286 g/mol. The number of hydrogen-bond donors (Lipinski definition) is 1. The minimum Gasteiger partial charge on any atom is -0.372 e. The number of amides is 2. The van der Waals surface area contributed by atoms with E-state index in [1.54, 1.807) is 11.9 Å². The third-order valence-electron chi connectivity index (χ3n) is 4.30. The van der Waals surface area contributed by atoms with Crippen molar-refractivity contribution in [2.45, 2.75) is 19.4 Å². The largest absolute Gasteiger partial charge is 0.372 e. The molecule has 1 N–H and O–H groups in total. The van der Waals surface area contributed by atoms with E-state index in [0.29, 0.717) is 6.54 Å². The molecule has 0 atom stereocenters. The lowest BCUT2D eigenvalue weighted by Crippen LogP contribution is -2.36. The summed E-state index contributed by atoms with van der Waals surface area (Å²) in [4.78, 5) is 16.3. The van der Waals surface area contributed by atoms with Crippen LogP contribution in [0.5, 0.6) is 0 Å². The van der Waals surface area contributed by atoms with Crippen LogP contribution in [0.1, 0.15) is 18.4 Å². The number of nitrogens with zero attached hydrogens (tertiary/aromatic N) is 2. The summed E-state index contributed by atoms with van der Waals surface area (Å²) in [6.07, 6.45) is 2.53. The van der Waals surface area contributed by atoms with Gasteiger partial charge in [0.1, 0.15) is 0 Å². The second-order valence-corrected chi connectivity index (χ2v) is 5.91. The van der Waals surface area contributed by atoms with Crippen LogP contribution in [0.2, 0.25) is 0 Å². The van der Waals surface area contributed by atoms with Crippen LogP contribution in [0.3, 0.4) is 0 Å². The highest BCUT2D eigenvalue weighted by atomic mass is 16.2. The van der Waals surface area contributed by atoms with Gasteiger partial charge in [-0.05, 0) is 42.7 Å². The van der Waals surface area contributed by atoms with Crippen LogP contribution in [0.25, 0.3) is 0 Å². The fraction of sp³-hybridized carbons (Fsp3) is 0.316. The molecule has 4 heteroatoms. The summed E-state index contributed by atoms with van der Waals surface area (Å²) in [6.45, 7) is 2.80. The first-order chi connectivity index (χ1) is 11.2. The highest BCUT2D eigenvalue weighted by molar-refractivity contribution is 5.91. The Bertz CT molecular complexity index is 633. The van der Waals surface area contributed by atoms with Crippen LogP contribution in [-0.4, -0.2) is 26.2 Å². The van der Waals surface area contributed by atoms with Crippen molar-refractivity contribution in [2.75, 3.05) is 29.9 Å². The van der Waals surface area contributed by atoms with E-state index in [0.717, 1.165) is 24.3 Å². The predicted molar refractivity (Wildman–Crippen MR) is 95.0 cm³/mol. The average molecular weight is 309 g/mol. The first-order valence-electron chi connectivity index (χ1n) is 8.14. The maximum Gasteiger partial charge on any atom is 0.321 e. The second-order valence-electron chi connectivity index (χ2n) is 5.91. The molecule has 2 aromatic rings. The number of carbonyl (C=O) groups excluding carboxylic acids is 1. The van der Waals surface area contributed by atoms with Crippen molar-refractivity contribution >= 4 is 17.4 Å². The summed E-state index contributed by atoms with van der Waals surface area (Å²) >= 11 is 0. The first-order valence-corrected chi connectivity index (χ1v) is 8.14. The van der Waals surface area contributed by atoms with E-state index in [1.165, 1.54) is 18.5 Å². The Balaban J connectivity index is 1.58. The number of hydrogen-bond acceptors (Lipinski definition) is 2. The summed E-state index contributed by atoms with van der Waals surface area (Å²) in [5.74, 6) is 0. The van der Waals surface area contributed by atoms with Gasteiger partial charge in [-0.1, -0.05) is 30.3 Å². The van der Waals surface area contributed by atoms with Crippen molar-refractivity contribution in [2.24, 2.45) is 0 Å². The van der Waals surface area contributed by atoms with Gasteiger partial charge in [0, 0.05) is 38.1 Å². The third kappa shape index (κ3) is 3.83. The molecule has 1 heterocycles. The molecule has 0 aromatic heterocycles. The van der Waals surface area contributed by atoms with Gasteiger partial charge in [0.05, 0.1) is 0 Å². The normalized spacial score (nSPS) is 13.9. The van der Waals surface area contributed by atoms with Crippen molar-refractivity contribution in [3.8, 4) is 0 Å². The van der Waals surface area contributed by atoms with Crippen LogP contribution < -0.4 is 15.1 Å². The molecular formula is C19H23N3O. The Hall–Kier alpha value is -2.49. The molecule has 0 bridgehead atoms. The van der Waals surface area contributed by atoms with E-state index in [4.69, 9.17) is 0 Å². The fourth-order valence-electron chi connectivity index (χ4n) is 2.87. The highest BCUT2D eigenvalue weighted by Crippen LogP contribution is 2.23. The van der Waals surface area contributed by atoms with Crippen LogP contribution in [0.4, 0.5) is 16.2 Å². The zero-order valence-corrected chi connectivity index (χ0v) is 13.5. The summed E-state index contributed by atoms with van der Waals surface area (Å²) in [5, 5.41) is 2.94. The molecule has 0 unspecified atom stereocenters. The minimum absolute atomic E-state index is 0.0947. The van der Waals surface area contributed by atoms with Gasteiger partial charge < -0.3 is 10.2 Å². The summed E-state index contributed by atoms with van der Waals surface area (Å²) in [7, 11) is 1.80. The fourth-order valence-corrected chi connectivity index (χ4v) is 2.87. The molecule has 0 saturated carbocycles. The van der Waals surface area contributed by atoms with Gasteiger partial charge in [-0.3, -0.25) is 4.90 Å². The first kappa shape index (κ1) is 15.4. The standard InChI is InChI=1S/C19H23N3O/c1-21(19(23)20-15-16-7-3-2-4-8-16)17-9-11-18(12-10-17)22-13-5-6-14-22/h2-4,7-12H,5-6,13-15H2,1H3,(H,20,23). The molecule has 1 saturated heterocycles. The van der Waals surface area contributed by atoms with E-state index in [-0.39, 0.29) is 6.03 Å². The van der Waals surface area contributed by atoms with Gasteiger partial charge in [0.25, 0.3) is 0 Å². The Morgan fingerprint density at radius 3 is 2.35 bits per heavy atom. The van der Waals surface area contributed by atoms with Crippen molar-refractivity contribution in [1.82, 2.24) is 5.32 Å². The molecule has 0 spiro atoms. The summed E-state index contributed by atoms with van der Waals surface area (Å²) in [6, 6.07) is 18.1. The molecule has 4 nitrogen and oxygen atoms in total. The number of carbonyl (C=O) groups is 1. The molecule has 2 amide bonds. The van der Waals surface area contributed by atoms with E-state index < -0.39 is 0 Å². The van der Waals surface area contributed by atoms with E-state index in [9.17, 15) is 4.79 Å². The Labute approximate surface area is 137 Å². The lowest BCUT2D eigenvalue weighted by Gasteiger charge is -2.21. The van der Waals surface area contributed by atoms with Crippen molar-refractivity contribution in [1.29, 1.82) is 0 Å². The summed E-state index contributed by atoms with van der Waals surface area (Å²) < 4.78 is 0. The van der Waals surface area contributed by atoms with Crippen LogP contribution >= 0.6 is 0 Å². The second kappa shape index (κ2) is 7.18. The highest BCUT2D eigenvalue weighted by Gasteiger charge is 2.14. The molecule has 0 aliphatic carbocycles. The number of anilines is 2. The minimum atomic E-state index is -0.0947. The van der Waals surface area contributed by atoms with Gasteiger partial charge in [-0.2, -0.15) is 0 Å². The van der Waals surface area contributed by atoms with E-state index >= 15 is 0 Å². The Morgan fingerprint density at radius 2 is 1.70 bits per heavy atom. The van der Waals surface area contributed by atoms with Crippen molar-refractivity contribution in [3.05, 3.63) is 60.2 Å². The molecule has 1 fully saturated rings. The Kier molecular flexibility index (Phi) is 4.81. The molecule has 2 aromatic carbocycles. The van der Waals surface area contributed by atoms with E-state index in [2.05, 4.69) is 22.3 Å². The molecule has 1 aliphatic heterocycles. The molecule has 1 aliphatic rings. The SMILES string of the molecule is CN(C(=O)NCc1ccccc1)c1ccc(N2CCCC2)cc1. The zero-order valence-electron chi connectivity index (χ0n) is 13.5. The smallest absolute Gasteiger partial charge is 0.321 e. The lowest BCUT2D eigenvalue weighted by atomic mass is 10.2. The van der Waals surface area contributed by atoms with Gasteiger partial charge in [-0.15, -0.1) is 0 Å². The van der Waals surface area contributed by atoms with Crippen LogP contribution in [0.15, 0.2) is 54.6 Å². The number of benzene rings is 2. The molecule has 23 heavy (non-hydrogen) atoms. The predicted octanol–water partition coefficient (Wildman–Crippen LogP) is 3.63. The summed E-state index contributed by atoms with van der Waals surface area (Å²) in [5.41, 5.74) is 3.24. The molecule has 3 rings (SSSR count). The van der Waals surface area contributed by atoms with Gasteiger partial charge >= 0.3 is 6.03 Å². The van der Waals surface area contributed by atoms with Gasteiger partial charge in [0.15, 0.2) is 0 Å². The third-order valence-corrected chi connectivity index (χ3v) is 4.30. The number of urea groups is 1. The van der Waals surface area contributed by atoms with Crippen molar-refractivity contribution < 1.29 is 4.79 Å². The Morgan fingerprint density at radius 1 is 1.04 bits per heavy atom. The topological polar surface area (TPSA) is 35.6 Å². The van der Waals surface area contributed by atoms with Gasteiger partial charge in [-0.25, -0.2) is 4.79 Å². The lowest BCUT2D eigenvalue weighted by molar-refractivity contribution is 0.247.